The van der Waals surface area contributed by atoms with Crippen LogP contribution in [-0.2, 0) is 16.6 Å². The molecule has 4 rings (SSSR count). The Bertz CT molecular complexity index is 1320. The second-order valence-electron chi connectivity index (χ2n) is 8.87. The van der Waals surface area contributed by atoms with E-state index in [0.717, 1.165) is 42.0 Å². The summed E-state index contributed by atoms with van der Waals surface area (Å²) in [4.78, 5) is 5.70. The average molecular weight is 535 g/mol. The summed E-state index contributed by atoms with van der Waals surface area (Å²) in [6, 6.07) is 11.1. The van der Waals surface area contributed by atoms with E-state index in [1.807, 2.05) is 24.3 Å². The van der Waals surface area contributed by atoms with Crippen LogP contribution in [0.4, 0.5) is 0 Å². The molecule has 1 aliphatic rings. The van der Waals surface area contributed by atoms with Crippen molar-refractivity contribution >= 4 is 50.3 Å². The number of sulfonamides is 1. The van der Waals surface area contributed by atoms with Crippen LogP contribution in [0.1, 0.15) is 31.2 Å². The van der Waals surface area contributed by atoms with Gasteiger partial charge in [0.1, 0.15) is 17.0 Å². The average Bonchev–Trinajstić information content (AvgIpc) is 2.85. The van der Waals surface area contributed by atoms with Crippen LogP contribution in [-0.4, -0.2) is 50.9 Å². The predicted octanol–water partition coefficient (Wildman–Crippen LogP) is 5.30. The molecule has 0 spiro atoms. The van der Waals surface area contributed by atoms with E-state index in [-0.39, 0.29) is 16.0 Å². The van der Waals surface area contributed by atoms with Crippen LogP contribution in [0.2, 0.25) is 10.0 Å². The van der Waals surface area contributed by atoms with E-state index in [1.165, 1.54) is 6.34 Å². The molecule has 35 heavy (non-hydrogen) atoms. The van der Waals surface area contributed by atoms with E-state index in [1.54, 1.807) is 43.5 Å². The van der Waals surface area contributed by atoms with Gasteiger partial charge in [0.15, 0.2) is 0 Å². The van der Waals surface area contributed by atoms with Crippen LogP contribution in [0.3, 0.4) is 0 Å². The minimum atomic E-state index is -3.87. The summed E-state index contributed by atoms with van der Waals surface area (Å²) in [5.74, 6) is 0.702. The van der Waals surface area contributed by atoms with E-state index in [4.69, 9.17) is 27.9 Å². The molecule has 0 radical (unpaired) electrons. The van der Waals surface area contributed by atoms with Crippen molar-refractivity contribution in [3.05, 3.63) is 64.4 Å². The number of hydrogen-bond donors (Lipinski definition) is 1. The van der Waals surface area contributed by atoms with Gasteiger partial charge in [-0.05, 0) is 61.6 Å². The smallest absolute Gasteiger partial charge is 0.285 e. The maximum absolute atomic E-state index is 12.5. The Morgan fingerprint density at radius 1 is 1.14 bits per heavy atom. The summed E-state index contributed by atoms with van der Waals surface area (Å²) in [5.41, 5.74) is 0.837. The van der Waals surface area contributed by atoms with Gasteiger partial charge >= 0.3 is 0 Å². The molecule has 10 heteroatoms. The van der Waals surface area contributed by atoms with Gasteiger partial charge in [0.2, 0.25) is 0 Å². The molecule has 1 saturated carbocycles. The van der Waals surface area contributed by atoms with Crippen molar-refractivity contribution in [2.45, 2.75) is 49.3 Å². The van der Waals surface area contributed by atoms with Crippen LogP contribution in [0.15, 0.2) is 58.1 Å². The highest BCUT2D eigenvalue weighted by atomic mass is 35.5. The highest BCUT2D eigenvalue weighted by Gasteiger charge is 2.24. The molecule has 1 N–H and O–H groups in total. The largest absolute Gasteiger partial charge is 0.489 e. The van der Waals surface area contributed by atoms with Crippen LogP contribution >= 0.6 is 23.2 Å². The predicted molar refractivity (Wildman–Crippen MR) is 141 cm³/mol. The van der Waals surface area contributed by atoms with Gasteiger partial charge in [-0.1, -0.05) is 29.3 Å². The molecule has 186 valence electrons. The molecule has 0 bridgehead atoms. The van der Waals surface area contributed by atoms with Crippen LogP contribution in [0.5, 0.6) is 5.75 Å². The quantitative estimate of drug-likeness (QED) is 0.311. The Labute approximate surface area is 216 Å². The third-order valence-electron chi connectivity index (χ3n) is 5.97. The van der Waals surface area contributed by atoms with Gasteiger partial charge in [-0.2, -0.15) is 8.42 Å². The maximum atomic E-state index is 12.5. The lowest BCUT2D eigenvalue weighted by molar-refractivity contribution is 0.139. The first-order valence-corrected chi connectivity index (χ1v) is 13.6. The highest BCUT2D eigenvalue weighted by Crippen LogP contribution is 2.35. The number of ether oxygens (including phenoxy) is 1. The number of fused-ring (bicyclic) bond motifs is 1. The number of halogens is 2. The lowest BCUT2D eigenvalue weighted by Crippen LogP contribution is -2.36. The third-order valence-corrected chi connectivity index (χ3v) is 8.07. The molecule has 1 aromatic heterocycles. The molecule has 7 nitrogen and oxygen atoms in total. The van der Waals surface area contributed by atoms with E-state index in [0.29, 0.717) is 23.4 Å². The molecule has 0 saturated heterocycles. The fraction of sp³-hybridized carbons (Fsp3) is 0.360. The number of benzene rings is 2. The molecule has 1 aliphatic carbocycles. The van der Waals surface area contributed by atoms with E-state index < -0.39 is 10.0 Å². The molecule has 1 heterocycles. The second-order valence-corrected chi connectivity index (χ2v) is 11.3. The minimum absolute atomic E-state index is 0.0109. The first-order valence-electron chi connectivity index (χ1n) is 11.4. The molecule has 1 fully saturated rings. The van der Waals surface area contributed by atoms with E-state index in [9.17, 15) is 8.42 Å². The van der Waals surface area contributed by atoms with Crippen molar-refractivity contribution < 1.29 is 13.2 Å². The van der Waals surface area contributed by atoms with Gasteiger partial charge < -0.3 is 15.0 Å². The number of nitrogens with zero attached hydrogens (tertiary/aromatic N) is 3. The normalized spacial score (nSPS) is 18.7. The van der Waals surface area contributed by atoms with Crippen LogP contribution < -0.4 is 10.1 Å². The minimum Gasteiger partial charge on any atom is -0.489 e. The van der Waals surface area contributed by atoms with Crippen LogP contribution in [0.25, 0.3) is 10.8 Å². The van der Waals surface area contributed by atoms with Crippen molar-refractivity contribution in [3.63, 3.8) is 0 Å². The molecular weight excluding hydrogens is 507 g/mol. The monoisotopic (exact) mass is 534 g/mol. The molecule has 3 aromatic rings. The Hall–Kier alpha value is -2.39. The fourth-order valence-corrected chi connectivity index (χ4v) is 5.83. The lowest BCUT2D eigenvalue weighted by atomic mass is 9.92. The molecule has 2 aromatic carbocycles. The summed E-state index contributed by atoms with van der Waals surface area (Å²) in [6.45, 7) is 0.539. The zero-order valence-corrected chi connectivity index (χ0v) is 21.9. The summed E-state index contributed by atoms with van der Waals surface area (Å²) >= 11 is 12.7. The maximum Gasteiger partial charge on any atom is 0.285 e. The van der Waals surface area contributed by atoms with Gasteiger partial charge in [-0.15, -0.1) is 4.40 Å². The zero-order valence-electron chi connectivity index (χ0n) is 19.6. The van der Waals surface area contributed by atoms with Gasteiger partial charge in [0.05, 0.1) is 16.1 Å². The van der Waals surface area contributed by atoms with Gasteiger partial charge in [0.25, 0.3) is 10.0 Å². The standard InChI is InChI=1S/C25H28Cl2N4O3S/c1-31(2)16-30-35(32,33)24-13-17(3-9-22(24)26)14-29-19-5-7-20(8-6-19)34-23-10-4-18-15-28-12-11-21(18)25(23)27/h3-4,9-13,15-16,19-20,29H,5-8,14H2,1-2H3/t19-,20+. The van der Waals surface area contributed by atoms with Crippen molar-refractivity contribution in [2.75, 3.05) is 14.1 Å². The van der Waals surface area contributed by atoms with E-state index >= 15 is 0 Å². The number of rotatable bonds is 8. The van der Waals surface area contributed by atoms with Crippen molar-refractivity contribution in [3.8, 4) is 5.75 Å². The Morgan fingerprint density at radius 3 is 2.66 bits per heavy atom. The first-order chi connectivity index (χ1) is 16.7. The van der Waals surface area contributed by atoms with E-state index in [2.05, 4.69) is 14.7 Å². The summed E-state index contributed by atoms with van der Waals surface area (Å²) < 4.78 is 35.0. The molecular formula is C25H28Cl2N4O3S. The summed E-state index contributed by atoms with van der Waals surface area (Å²) in [7, 11) is -0.462. The summed E-state index contributed by atoms with van der Waals surface area (Å²) in [6.07, 6.45) is 8.58. The molecule has 0 atom stereocenters. The lowest BCUT2D eigenvalue weighted by Gasteiger charge is -2.30. The fourth-order valence-electron chi connectivity index (χ4n) is 4.10. The van der Waals surface area contributed by atoms with Crippen molar-refractivity contribution in [1.82, 2.24) is 15.2 Å². The number of nitrogens with one attached hydrogen (secondary N) is 1. The van der Waals surface area contributed by atoms with Crippen molar-refractivity contribution in [1.29, 1.82) is 0 Å². The zero-order chi connectivity index (χ0) is 25.0. The molecule has 0 aliphatic heterocycles. The second kappa shape index (κ2) is 11.1. The Balaban J connectivity index is 1.33. The highest BCUT2D eigenvalue weighted by molar-refractivity contribution is 7.90. The third kappa shape index (κ3) is 6.44. The first kappa shape index (κ1) is 25.7. The Morgan fingerprint density at radius 2 is 1.91 bits per heavy atom. The van der Waals surface area contributed by atoms with Crippen LogP contribution in [0, 0.1) is 0 Å². The number of hydrogen-bond acceptors (Lipinski definition) is 5. The van der Waals surface area contributed by atoms with Gasteiger partial charge in [-0.25, -0.2) is 0 Å². The topological polar surface area (TPSA) is 83.9 Å². The number of aromatic nitrogens is 1. The van der Waals surface area contributed by atoms with Crippen molar-refractivity contribution in [2.24, 2.45) is 4.40 Å². The number of pyridine rings is 1. The molecule has 0 unspecified atom stereocenters. The SMILES string of the molecule is CN(C)C=NS(=O)(=O)c1cc(CN[C@H]2CC[C@@H](Oc3ccc4cnccc4c3Cl)CC2)ccc1Cl. The van der Waals surface area contributed by atoms with Gasteiger partial charge in [0, 0.05) is 49.8 Å². The Kier molecular flexibility index (Phi) is 8.16. The molecule has 0 amide bonds. The van der Waals surface area contributed by atoms with Gasteiger partial charge in [-0.3, -0.25) is 4.98 Å². The summed E-state index contributed by atoms with van der Waals surface area (Å²) in [5, 5.41) is 6.23.